The first-order chi connectivity index (χ1) is 16.5. The molecule has 176 valence electrons. The van der Waals surface area contributed by atoms with E-state index in [-0.39, 0.29) is 37.6 Å². The van der Waals surface area contributed by atoms with Crippen LogP contribution in [0.4, 0.5) is 8.78 Å². The number of fused-ring (bicyclic) bond motifs is 1. The second kappa shape index (κ2) is 10.6. The minimum absolute atomic E-state index is 0.155. The molecule has 1 atom stereocenters. The van der Waals surface area contributed by atoms with Gasteiger partial charge in [-0.1, -0.05) is 12.1 Å². The van der Waals surface area contributed by atoms with Gasteiger partial charge >= 0.3 is 0 Å². The summed E-state index contributed by atoms with van der Waals surface area (Å²) in [5.74, 6) is -1.07. The fourth-order valence-electron chi connectivity index (χ4n) is 4.01. The second-order valence-electron chi connectivity index (χ2n) is 7.90. The molecule has 4 rings (SSSR count). The third kappa shape index (κ3) is 5.34. The van der Waals surface area contributed by atoms with Crippen LogP contribution in [0.15, 0.2) is 72.6 Å². The van der Waals surface area contributed by atoms with Crippen LogP contribution < -0.4 is 4.74 Å². The maximum absolute atomic E-state index is 13.6. The predicted molar refractivity (Wildman–Crippen MR) is 127 cm³/mol. The first kappa shape index (κ1) is 23.6. The molecule has 5 nitrogen and oxygen atoms in total. The van der Waals surface area contributed by atoms with Crippen molar-refractivity contribution < 1.29 is 23.1 Å². The summed E-state index contributed by atoms with van der Waals surface area (Å²) in [4.78, 5) is 30.7. The van der Waals surface area contributed by atoms with Gasteiger partial charge in [0.1, 0.15) is 30.5 Å². The molecule has 8 heteroatoms. The van der Waals surface area contributed by atoms with Gasteiger partial charge in [0.05, 0.1) is 6.04 Å². The summed E-state index contributed by atoms with van der Waals surface area (Å²) in [6.07, 6.45) is 2.26. The normalized spacial score (nSPS) is 14.9. The molecule has 0 saturated carbocycles. The van der Waals surface area contributed by atoms with Crippen LogP contribution in [0.25, 0.3) is 0 Å². The zero-order valence-corrected chi connectivity index (χ0v) is 19.3. The highest BCUT2D eigenvalue weighted by molar-refractivity contribution is 7.10. The Morgan fingerprint density at radius 3 is 2.68 bits per heavy atom. The molecule has 0 aliphatic carbocycles. The summed E-state index contributed by atoms with van der Waals surface area (Å²) in [5, 5.41) is 1.98. The highest BCUT2D eigenvalue weighted by atomic mass is 32.1. The standard InChI is InChI=1S/C26H24F2N2O3S/c1-2-12-29(26(32)18-6-8-19(27)9-7-18)16-25(31)30-13-10-24-22(11-14-34-24)23(30)17-33-21-5-3-4-20(28)15-21/h2-9,11,14-15,23H,1,10,12-13,16-17H2/t23-/m0/s1. The number of halogens is 2. The van der Waals surface area contributed by atoms with Crippen LogP contribution in [0.1, 0.15) is 26.8 Å². The van der Waals surface area contributed by atoms with Crippen LogP contribution in [0.3, 0.4) is 0 Å². The van der Waals surface area contributed by atoms with Crippen LogP contribution in [-0.4, -0.2) is 47.9 Å². The molecule has 0 N–H and O–H groups in total. The molecule has 1 aliphatic heterocycles. The van der Waals surface area contributed by atoms with Crippen molar-refractivity contribution >= 4 is 23.2 Å². The Hall–Kier alpha value is -3.52. The van der Waals surface area contributed by atoms with Crippen molar-refractivity contribution in [1.29, 1.82) is 0 Å². The third-order valence-corrected chi connectivity index (χ3v) is 6.67. The largest absolute Gasteiger partial charge is 0.491 e. The van der Waals surface area contributed by atoms with Gasteiger partial charge in [-0.15, -0.1) is 17.9 Å². The molecular weight excluding hydrogens is 458 g/mol. The zero-order valence-electron chi connectivity index (χ0n) is 18.5. The molecule has 1 aliphatic rings. The predicted octanol–water partition coefficient (Wildman–Crippen LogP) is 4.86. The summed E-state index contributed by atoms with van der Waals surface area (Å²) in [5.41, 5.74) is 1.29. The molecule has 0 radical (unpaired) electrons. The first-order valence-electron chi connectivity index (χ1n) is 10.9. The SMILES string of the molecule is C=CCN(CC(=O)N1CCc2sccc2[C@@H]1COc1cccc(F)c1)C(=O)c1ccc(F)cc1. The van der Waals surface area contributed by atoms with Gasteiger partial charge in [-0.05, 0) is 59.8 Å². The number of thiophene rings is 1. The van der Waals surface area contributed by atoms with E-state index in [1.807, 2.05) is 11.4 Å². The number of amides is 2. The van der Waals surface area contributed by atoms with Crippen molar-refractivity contribution in [3.05, 3.63) is 100 Å². The van der Waals surface area contributed by atoms with Crippen LogP contribution in [0.5, 0.6) is 5.75 Å². The molecule has 34 heavy (non-hydrogen) atoms. The summed E-state index contributed by atoms with van der Waals surface area (Å²) in [6.45, 7) is 4.35. The molecule has 0 spiro atoms. The molecule has 0 unspecified atom stereocenters. The van der Waals surface area contributed by atoms with E-state index in [4.69, 9.17) is 4.74 Å². The molecule has 1 aromatic heterocycles. The Balaban J connectivity index is 1.52. The van der Waals surface area contributed by atoms with Crippen LogP contribution in [-0.2, 0) is 11.2 Å². The van der Waals surface area contributed by atoms with Gasteiger partial charge in [0.2, 0.25) is 5.91 Å². The van der Waals surface area contributed by atoms with Crippen LogP contribution >= 0.6 is 11.3 Å². The van der Waals surface area contributed by atoms with Crippen LogP contribution in [0.2, 0.25) is 0 Å². The Morgan fingerprint density at radius 2 is 1.94 bits per heavy atom. The van der Waals surface area contributed by atoms with Crippen molar-refractivity contribution in [2.75, 3.05) is 26.2 Å². The number of hydrogen-bond donors (Lipinski definition) is 0. The molecule has 0 saturated heterocycles. The maximum atomic E-state index is 13.6. The van der Waals surface area contributed by atoms with Crippen molar-refractivity contribution in [2.24, 2.45) is 0 Å². The summed E-state index contributed by atoms with van der Waals surface area (Å²) >= 11 is 1.63. The van der Waals surface area contributed by atoms with Gasteiger partial charge in [-0.3, -0.25) is 9.59 Å². The molecule has 3 aromatic rings. The number of nitrogens with zero attached hydrogens (tertiary/aromatic N) is 2. The van der Waals surface area contributed by atoms with Gasteiger partial charge in [0, 0.05) is 29.6 Å². The van der Waals surface area contributed by atoms with Gasteiger partial charge in [-0.2, -0.15) is 0 Å². The van der Waals surface area contributed by atoms with Gasteiger partial charge in [0.25, 0.3) is 5.91 Å². The van der Waals surface area contributed by atoms with Crippen molar-refractivity contribution in [1.82, 2.24) is 9.80 Å². The van der Waals surface area contributed by atoms with Crippen molar-refractivity contribution in [3.63, 3.8) is 0 Å². The lowest BCUT2D eigenvalue weighted by Crippen LogP contribution is -2.47. The second-order valence-corrected chi connectivity index (χ2v) is 8.90. The molecule has 2 heterocycles. The van der Waals surface area contributed by atoms with Gasteiger partial charge in [-0.25, -0.2) is 8.78 Å². The molecule has 0 bridgehead atoms. The fourth-order valence-corrected chi connectivity index (χ4v) is 4.94. The summed E-state index contributed by atoms with van der Waals surface area (Å²) in [6, 6.07) is 12.7. The Bertz CT molecular complexity index is 1180. The number of hydrogen-bond acceptors (Lipinski definition) is 4. The number of benzene rings is 2. The summed E-state index contributed by atoms with van der Waals surface area (Å²) < 4.78 is 32.7. The number of carbonyl (C=O) groups excluding carboxylic acids is 2. The van der Waals surface area contributed by atoms with E-state index in [1.165, 1.54) is 46.2 Å². The van der Waals surface area contributed by atoms with Crippen molar-refractivity contribution in [3.8, 4) is 5.75 Å². The molecular formula is C26H24F2N2O3S. The van der Waals surface area contributed by atoms with E-state index in [9.17, 15) is 18.4 Å². The van der Waals surface area contributed by atoms with Crippen molar-refractivity contribution in [2.45, 2.75) is 12.5 Å². The topological polar surface area (TPSA) is 49.9 Å². The highest BCUT2D eigenvalue weighted by Crippen LogP contribution is 2.34. The summed E-state index contributed by atoms with van der Waals surface area (Å²) in [7, 11) is 0. The average molecular weight is 483 g/mol. The smallest absolute Gasteiger partial charge is 0.254 e. The maximum Gasteiger partial charge on any atom is 0.254 e. The molecule has 2 aromatic carbocycles. The minimum atomic E-state index is -0.441. The first-order valence-corrected chi connectivity index (χ1v) is 11.7. The number of rotatable bonds is 8. The van der Waals surface area contributed by atoms with Gasteiger partial charge < -0.3 is 14.5 Å². The monoisotopic (exact) mass is 482 g/mol. The minimum Gasteiger partial charge on any atom is -0.491 e. The average Bonchev–Trinajstić information content (AvgIpc) is 3.31. The lowest BCUT2D eigenvalue weighted by Gasteiger charge is -2.37. The van der Waals surface area contributed by atoms with E-state index >= 15 is 0 Å². The molecule has 2 amide bonds. The van der Waals surface area contributed by atoms with E-state index in [2.05, 4.69) is 6.58 Å². The van der Waals surface area contributed by atoms with E-state index in [0.29, 0.717) is 24.3 Å². The highest BCUT2D eigenvalue weighted by Gasteiger charge is 2.33. The third-order valence-electron chi connectivity index (χ3n) is 5.67. The molecule has 0 fully saturated rings. The van der Waals surface area contributed by atoms with Gasteiger partial charge in [0.15, 0.2) is 0 Å². The lowest BCUT2D eigenvalue weighted by molar-refractivity contribution is -0.135. The van der Waals surface area contributed by atoms with E-state index in [1.54, 1.807) is 34.4 Å². The van der Waals surface area contributed by atoms with E-state index < -0.39 is 11.6 Å². The Morgan fingerprint density at radius 1 is 1.15 bits per heavy atom. The fraction of sp³-hybridized carbons (Fsp3) is 0.231. The lowest BCUT2D eigenvalue weighted by atomic mass is 10.0. The van der Waals surface area contributed by atoms with Crippen LogP contribution in [0, 0.1) is 11.6 Å². The Kier molecular flexibility index (Phi) is 7.37. The number of ether oxygens (including phenoxy) is 1. The quantitative estimate of drug-likeness (QED) is 0.431. The van der Waals surface area contributed by atoms with E-state index in [0.717, 1.165) is 5.56 Å². The Labute approximate surface area is 200 Å². The number of carbonyl (C=O) groups is 2. The zero-order chi connectivity index (χ0) is 24.1.